The van der Waals surface area contributed by atoms with Crippen molar-refractivity contribution in [2.24, 2.45) is 0 Å². The zero-order valence-electron chi connectivity index (χ0n) is 18.0. The normalized spacial score (nSPS) is 14.6. The van der Waals surface area contributed by atoms with Crippen LogP contribution in [0.1, 0.15) is 16.7 Å². The summed E-state index contributed by atoms with van der Waals surface area (Å²) in [6.07, 6.45) is 1.63. The Morgan fingerprint density at radius 1 is 1.00 bits per heavy atom. The second-order valence-electron chi connectivity index (χ2n) is 7.50. The molecule has 0 unspecified atom stereocenters. The first-order valence-corrected chi connectivity index (χ1v) is 11.2. The molecule has 0 radical (unpaired) electrons. The second kappa shape index (κ2) is 10.2. The largest absolute Gasteiger partial charge is 0.488 e. The first kappa shape index (κ1) is 22.4. The molecule has 1 heterocycles. The van der Waals surface area contributed by atoms with Gasteiger partial charge < -0.3 is 10.1 Å². The molecule has 0 aliphatic carbocycles. The van der Waals surface area contributed by atoms with Crippen LogP contribution in [0.25, 0.3) is 6.08 Å². The van der Waals surface area contributed by atoms with Crippen LogP contribution >= 0.6 is 11.8 Å². The maximum Gasteiger partial charge on any atom is 0.294 e. The Hall–Kier alpha value is -3.84. The number of rotatable bonds is 7. The van der Waals surface area contributed by atoms with Crippen LogP contribution in [-0.2, 0) is 16.2 Å². The second-order valence-corrected chi connectivity index (χ2v) is 8.49. The van der Waals surface area contributed by atoms with Crippen LogP contribution in [-0.4, -0.2) is 28.5 Å². The number of thioether (sulfide) groups is 1. The molecule has 0 bridgehead atoms. The number of nitrogens with one attached hydrogen (secondary N) is 1. The highest BCUT2D eigenvalue weighted by Gasteiger charge is 2.36. The van der Waals surface area contributed by atoms with E-state index >= 15 is 0 Å². The lowest BCUT2D eigenvalue weighted by atomic mass is 10.1. The first-order valence-electron chi connectivity index (χ1n) is 10.4. The SMILES string of the molecule is Cc1cccc(COc2ccccc2/C=C2\SC(=O)N(CC(=O)Nc3ccccc3)C2=O)c1. The summed E-state index contributed by atoms with van der Waals surface area (Å²) in [4.78, 5) is 38.8. The summed E-state index contributed by atoms with van der Waals surface area (Å²) in [7, 11) is 0. The van der Waals surface area contributed by atoms with Gasteiger partial charge in [-0.2, -0.15) is 0 Å². The van der Waals surface area contributed by atoms with Crippen molar-refractivity contribution in [3.8, 4) is 5.75 Å². The van der Waals surface area contributed by atoms with Crippen molar-refractivity contribution in [3.05, 3.63) is 100 Å². The molecule has 166 valence electrons. The van der Waals surface area contributed by atoms with Crippen molar-refractivity contribution in [2.45, 2.75) is 13.5 Å². The quantitative estimate of drug-likeness (QED) is 0.490. The van der Waals surface area contributed by atoms with Gasteiger partial charge in [0.2, 0.25) is 5.91 Å². The van der Waals surface area contributed by atoms with Crippen LogP contribution in [0.3, 0.4) is 0 Å². The predicted octanol–water partition coefficient (Wildman–Crippen LogP) is 5.25. The van der Waals surface area contributed by atoms with Gasteiger partial charge in [-0.15, -0.1) is 0 Å². The fourth-order valence-corrected chi connectivity index (χ4v) is 4.17. The van der Waals surface area contributed by atoms with Crippen molar-refractivity contribution in [3.63, 3.8) is 0 Å². The van der Waals surface area contributed by atoms with Crippen molar-refractivity contribution in [1.82, 2.24) is 4.90 Å². The minimum absolute atomic E-state index is 0.249. The highest BCUT2D eigenvalue weighted by molar-refractivity contribution is 8.18. The molecule has 3 aromatic carbocycles. The van der Waals surface area contributed by atoms with Gasteiger partial charge in [0.1, 0.15) is 18.9 Å². The summed E-state index contributed by atoms with van der Waals surface area (Å²) in [6, 6.07) is 24.2. The minimum Gasteiger partial charge on any atom is -0.488 e. The molecule has 1 N–H and O–H groups in total. The molecule has 3 amide bonds. The molecule has 1 fully saturated rings. The zero-order valence-corrected chi connectivity index (χ0v) is 18.8. The number of para-hydroxylation sites is 2. The Morgan fingerprint density at radius 2 is 1.76 bits per heavy atom. The maximum atomic E-state index is 12.8. The van der Waals surface area contributed by atoms with E-state index in [1.54, 1.807) is 30.3 Å². The van der Waals surface area contributed by atoms with Crippen molar-refractivity contribution in [2.75, 3.05) is 11.9 Å². The fraction of sp³-hybridized carbons (Fsp3) is 0.115. The van der Waals surface area contributed by atoms with Gasteiger partial charge in [0.15, 0.2) is 0 Å². The van der Waals surface area contributed by atoms with E-state index in [9.17, 15) is 14.4 Å². The lowest BCUT2D eigenvalue weighted by Gasteiger charge is -2.12. The standard InChI is InChI=1S/C26H22N2O4S/c1-18-8-7-9-19(14-18)17-32-22-13-6-5-10-20(22)15-23-25(30)28(26(31)33-23)16-24(29)27-21-11-3-2-4-12-21/h2-15H,16-17H2,1H3,(H,27,29)/b23-15-. The molecular formula is C26H22N2O4S. The Bertz CT molecular complexity index is 1220. The van der Waals surface area contributed by atoms with E-state index in [1.807, 2.05) is 55.5 Å². The molecule has 1 aliphatic heterocycles. The number of carbonyl (C=O) groups is 3. The maximum absolute atomic E-state index is 12.8. The Morgan fingerprint density at radius 3 is 2.55 bits per heavy atom. The summed E-state index contributed by atoms with van der Waals surface area (Å²) in [5.74, 6) is -0.332. The highest BCUT2D eigenvalue weighted by Crippen LogP contribution is 2.34. The molecule has 0 spiro atoms. The summed E-state index contributed by atoms with van der Waals surface area (Å²) in [6.45, 7) is 2.06. The zero-order chi connectivity index (χ0) is 23.2. The van der Waals surface area contributed by atoms with Crippen molar-refractivity contribution < 1.29 is 19.1 Å². The Kier molecular flexibility index (Phi) is 6.90. The average molecular weight is 459 g/mol. The van der Waals surface area contributed by atoms with Crippen LogP contribution in [0.5, 0.6) is 5.75 Å². The number of amides is 3. The topological polar surface area (TPSA) is 75.7 Å². The van der Waals surface area contributed by atoms with Crippen molar-refractivity contribution in [1.29, 1.82) is 0 Å². The van der Waals surface area contributed by atoms with E-state index in [4.69, 9.17) is 4.74 Å². The van der Waals surface area contributed by atoms with Gasteiger partial charge in [-0.05, 0) is 48.5 Å². The highest BCUT2D eigenvalue weighted by atomic mass is 32.2. The number of nitrogens with zero attached hydrogens (tertiary/aromatic N) is 1. The van der Waals surface area contributed by atoms with Crippen LogP contribution in [0, 0.1) is 6.92 Å². The van der Waals surface area contributed by atoms with Crippen LogP contribution in [0.4, 0.5) is 10.5 Å². The van der Waals surface area contributed by atoms with E-state index in [1.165, 1.54) is 0 Å². The van der Waals surface area contributed by atoms with E-state index in [0.29, 0.717) is 23.6 Å². The summed E-state index contributed by atoms with van der Waals surface area (Å²) in [5, 5.41) is 2.21. The molecular weight excluding hydrogens is 436 g/mol. The Labute approximate surface area is 196 Å². The van der Waals surface area contributed by atoms with Gasteiger partial charge in [-0.1, -0.05) is 66.2 Å². The first-order chi connectivity index (χ1) is 16.0. The monoisotopic (exact) mass is 458 g/mol. The summed E-state index contributed by atoms with van der Waals surface area (Å²) < 4.78 is 5.98. The molecule has 3 aromatic rings. The molecule has 33 heavy (non-hydrogen) atoms. The molecule has 0 atom stereocenters. The third kappa shape index (κ3) is 5.70. The minimum atomic E-state index is -0.498. The van der Waals surface area contributed by atoms with E-state index in [0.717, 1.165) is 27.8 Å². The number of ether oxygens (including phenoxy) is 1. The molecule has 7 heteroatoms. The van der Waals surface area contributed by atoms with Crippen LogP contribution in [0.15, 0.2) is 83.8 Å². The molecule has 0 aromatic heterocycles. The molecule has 1 saturated heterocycles. The van der Waals surface area contributed by atoms with Gasteiger partial charge in [0.05, 0.1) is 4.91 Å². The van der Waals surface area contributed by atoms with Crippen molar-refractivity contribution >= 4 is 40.6 Å². The van der Waals surface area contributed by atoms with E-state index < -0.39 is 17.1 Å². The number of benzene rings is 3. The van der Waals surface area contributed by atoms with Crippen LogP contribution in [0.2, 0.25) is 0 Å². The number of aryl methyl sites for hydroxylation is 1. The van der Waals surface area contributed by atoms with Crippen LogP contribution < -0.4 is 10.1 Å². The summed E-state index contributed by atoms with van der Waals surface area (Å²) in [5.41, 5.74) is 3.47. The number of imide groups is 1. The number of hydrogen-bond acceptors (Lipinski definition) is 5. The number of anilines is 1. The third-order valence-corrected chi connectivity index (χ3v) is 5.82. The average Bonchev–Trinajstić information content (AvgIpc) is 3.06. The van der Waals surface area contributed by atoms with Gasteiger partial charge in [-0.25, -0.2) is 0 Å². The van der Waals surface area contributed by atoms with Gasteiger partial charge in [0.25, 0.3) is 11.1 Å². The summed E-state index contributed by atoms with van der Waals surface area (Å²) >= 11 is 0.813. The molecule has 0 saturated carbocycles. The lowest BCUT2D eigenvalue weighted by molar-refractivity contribution is -0.127. The van der Waals surface area contributed by atoms with Gasteiger partial charge in [0, 0.05) is 11.3 Å². The molecule has 1 aliphatic rings. The predicted molar refractivity (Wildman–Crippen MR) is 130 cm³/mol. The molecule has 4 rings (SSSR count). The number of hydrogen-bond donors (Lipinski definition) is 1. The smallest absolute Gasteiger partial charge is 0.294 e. The van der Waals surface area contributed by atoms with E-state index in [-0.39, 0.29) is 11.4 Å². The van der Waals surface area contributed by atoms with Gasteiger partial charge in [-0.3, -0.25) is 19.3 Å². The van der Waals surface area contributed by atoms with Gasteiger partial charge >= 0.3 is 0 Å². The molecule has 6 nitrogen and oxygen atoms in total. The fourth-order valence-electron chi connectivity index (χ4n) is 3.34. The van der Waals surface area contributed by atoms with E-state index in [2.05, 4.69) is 11.4 Å². The third-order valence-electron chi connectivity index (χ3n) is 4.92. The Balaban J connectivity index is 1.45. The lowest BCUT2D eigenvalue weighted by Crippen LogP contribution is -2.36. The number of carbonyl (C=O) groups excluding carboxylic acids is 3.